The summed E-state index contributed by atoms with van der Waals surface area (Å²) in [7, 11) is 0. The highest BCUT2D eigenvalue weighted by molar-refractivity contribution is 9.09. The molecule has 0 atom stereocenters. The lowest BCUT2D eigenvalue weighted by molar-refractivity contribution is 0.331. The third-order valence-electron chi connectivity index (χ3n) is 1.07. The highest BCUT2D eigenvalue weighted by atomic mass is 79.9. The first kappa shape index (κ1) is 11.3. The van der Waals surface area contributed by atoms with Gasteiger partial charge in [-0.15, -0.1) is 0 Å². The van der Waals surface area contributed by atoms with E-state index in [1.807, 2.05) is 0 Å². The maximum Gasteiger partial charge on any atom is 0.238 e. The Bertz CT molecular complexity index is 310. The molecule has 0 spiro atoms. The number of nitrogens with zero attached hydrogens (tertiary/aromatic N) is 2. The Morgan fingerprint density at radius 3 is 2.54 bits per heavy atom. The fraction of sp³-hybridized carbons (Fsp3) is 0.333. The summed E-state index contributed by atoms with van der Waals surface area (Å²) >= 11 is 20.1. The maximum absolute atomic E-state index is 5.75. The average molecular weight is 306 g/mol. The zero-order valence-corrected chi connectivity index (χ0v) is 10.1. The van der Waals surface area contributed by atoms with Crippen molar-refractivity contribution in [3.05, 3.63) is 15.5 Å². The van der Waals surface area contributed by atoms with E-state index in [4.69, 9.17) is 39.5 Å². The van der Waals surface area contributed by atoms with Crippen LogP contribution in [-0.4, -0.2) is 21.9 Å². The first-order chi connectivity index (χ1) is 6.15. The van der Waals surface area contributed by atoms with Gasteiger partial charge in [0.2, 0.25) is 11.2 Å². The predicted molar refractivity (Wildman–Crippen MR) is 56.4 cm³/mol. The molecule has 0 fully saturated rings. The van der Waals surface area contributed by atoms with Crippen LogP contribution in [0.2, 0.25) is 15.5 Å². The van der Waals surface area contributed by atoms with Gasteiger partial charge in [0.1, 0.15) is 5.02 Å². The molecule has 7 heteroatoms. The van der Waals surface area contributed by atoms with E-state index in [1.165, 1.54) is 0 Å². The van der Waals surface area contributed by atoms with Crippen molar-refractivity contribution in [3.8, 4) is 5.88 Å². The van der Waals surface area contributed by atoms with Crippen LogP contribution in [0.5, 0.6) is 5.88 Å². The van der Waals surface area contributed by atoms with Crippen molar-refractivity contribution in [2.75, 3.05) is 11.9 Å². The standard InChI is InChI=1S/C6H4BrCl3N2O/c7-1-2-13-5-3(8)4(9)11-6(10)12-5/h1-2H2. The normalized spacial score (nSPS) is 10.2. The molecule has 3 nitrogen and oxygen atoms in total. The van der Waals surface area contributed by atoms with E-state index >= 15 is 0 Å². The molecule has 0 aliphatic carbocycles. The summed E-state index contributed by atoms with van der Waals surface area (Å²) in [6.45, 7) is 0.434. The van der Waals surface area contributed by atoms with Gasteiger partial charge in [0.05, 0.1) is 6.61 Å². The van der Waals surface area contributed by atoms with Gasteiger partial charge < -0.3 is 4.74 Å². The smallest absolute Gasteiger partial charge is 0.238 e. The van der Waals surface area contributed by atoms with Crippen LogP contribution in [0, 0.1) is 0 Å². The van der Waals surface area contributed by atoms with E-state index in [0.717, 1.165) is 0 Å². The number of aromatic nitrogens is 2. The number of hydrogen-bond acceptors (Lipinski definition) is 3. The van der Waals surface area contributed by atoms with Crippen LogP contribution in [0.15, 0.2) is 0 Å². The van der Waals surface area contributed by atoms with Crippen molar-refractivity contribution in [1.82, 2.24) is 9.97 Å². The van der Waals surface area contributed by atoms with Gasteiger partial charge in [-0.1, -0.05) is 39.1 Å². The molecule has 0 unspecified atom stereocenters. The van der Waals surface area contributed by atoms with Gasteiger partial charge in [0.15, 0.2) is 5.15 Å². The summed E-state index contributed by atoms with van der Waals surface area (Å²) in [5.74, 6) is 0.200. The fourth-order valence-electron chi connectivity index (χ4n) is 0.607. The molecule has 0 saturated heterocycles. The fourth-order valence-corrected chi connectivity index (χ4v) is 1.27. The van der Waals surface area contributed by atoms with Gasteiger partial charge in [-0.3, -0.25) is 0 Å². The van der Waals surface area contributed by atoms with Gasteiger partial charge in [-0.2, -0.15) is 4.98 Å². The molecule has 0 aromatic carbocycles. The number of alkyl halides is 1. The molecule has 1 heterocycles. The minimum absolute atomic E-state index is 0.0129. The molecule has 13 heavy (non-hydrogen) atoms. The number of rotatable bonds is 3. The summed E-state index contributed by atoms with van der Waals surface area (Å²) in [6.07, 6.45) is 0. The van der Waals surface area contributed by atoms with Gasteiger partial charge >= 0.3 is 0 Å². The Labute approximate surface area is 98.5 Å². The van der Waals surface area contributed by atoms with Crippen molar-refractivity contribution in [2.45, 2.75) is 0 Å². The largest absolute Gasteiger partial charge is 0.476 e. The molecule has 72 valence electrons. The predicted octanol–water partition coefficient (Wildman–Crippen LogP) is 3.21. The lowest BCUT2D eigenvalue weighted by atomic mass is 10.6. The molecule has 1 rings (SSSR count). The summed E-state index contributed by atoms with van der Waals surface area (Å²) in [5, 5.41) is 0.944. The van der Waals surface area contributed by atoms with Crippen molar-refractivity contribution < 1.29 is 4.74 Å². The van der Waals surface area contributed by atoms with Crippen molar-refractivity contribution >= 4 is 50.7 Å². The van der Waals surface area contributed by atoms with Gasteiger partial charge in [-0.25, -0.2) is 4.98 Å². The molecule has 0 saturated carbocycles. The quantitative estimate of drug-likeness (QED) is 0.488. The molecule has 0 N–H and O–H groups in total. The van der Waals surface area contributed by atoms with E-state index < -0.39 is 0 Å². The lowest BCUT2D eigenvalue weighted by Gasteiger charge is -2.05. The van der Waals surface area contributed by atoms with Gasteiger partial charge in [-0.05, 0) is 11.6 Å². The maximum atomic E-state index is 5.75. The Kier molecular flexibility index (Phi) is 4.52. The highest BCUT2D eigenvalue weighted by Crippen LogP contribution is 2.29. The van der Waals surface area contributed by atoms with E-state index in [1.54, 1.807) is 0 Å². The van der Waals surface area contributed by atoms with Crippen LogP contribution in [-0.2, 0) is 0 Å². The van der Waals surface area contributed by atoms with Crippen LogP contribution in [0.4, 0.5) is 0 Å². The van der Waals surface area contributed by atoms with Gasteiger partial charge in [0.25, 0.3) is 0 Å². The molecule has 0 aliphatic heterocycles. The summed E-state index contributed by atoms with van der Waals surface area (Å²) < 4.78 is 5.15. The Balaban J connectivity index is 2.92. The van der Waals surface area contributed by atoms with Gasteiger partial charge in [0, 0.05) is 5.33 Å². The Morgan fingerprint density at radius 2 is 1.92 bits per heavy atom. The van der Waals surface area contributed by atoms with E-state index in [0.29, 0.717) is 11.9 Å². The third kappa shape index (κ3) is 3.13. The molecule has 0 bridgehead atoms. The first-order valence-corrected chi connectivity index (χ1v) is 5.48. The van der Waals surface area contributed by atoms with E-state index in [2.05, 4.69) is 25.9 Å². The second-order valence-corrected chi connectivity index (χ2v) is 3.81. The number of hydrogen-bond donors (Lipinski definition) is 0. The molecule has 0 aliphatic rings. The molecular formula is C6H4BrCl3N2O. The second-order valence-electron chi connectivity index (χ2n) is 1.94. The second kappa shape index (κ2) is 5.20. The van der Waals surface area contributed by atoms with E-state index in [9.17, 15) is 0 Å². The zero-order chi connectivity index (χ0) is 9.84. The molecular weight excluding hydrogens is 302 g/mol. The SMILES string of the molecule is Clc1nc(Cl)c(Cl)c(OCCBr)n1. The molecule has 1 aromatic heterocycles. The van der Waals surface area contributed by atoms with Crippen LogP contribution in [0.3, 0.4) is 0 Å². The first-order valence-electron chi connectivity index (χ1n) is 3.22. The monoisotopic (exact) mass is 304 g/mol. The van der Waals surface area contributed by atoms with Crippen LogP contribution in [0.25, 0.3) is 0 Å². The van der Waals surface area contributed by atoms with Crippen LogP contribution >= 0.6 is 50.7 Å². The Morgan fingerprint density at radius 1 is 1.23 bits per heavy atom. The lowest BCUT2D eigenvalue weighted by Crippen LogP contribution is -2.01. The van der Waals surface area contributed by atoms with Crippen molar-refractivity contribution in [1.29, 1.82) is 0 Å². The van der Waals surface area contributed by atoms with Crippen LogP contribution in [0.1, 0.15) is 0 Å². The topological polar surface area (TPSA) is 35.0 Å². The van der Waals surface area contributed by atoms with Crippen LogP contribution < -0.4 is 4.74 Å². The minimum Gasteiger partial charge on any atom is -0.476 e. The van der Waals surface area contributed by atoms with Crippen molar-refractivity contribution in [3.63, 3.8) is 0 Å². The number of halogens is 4. The summed E-state index contributed by atoms with van der Waals surface area (Å²) in [4.78, 5) is 7.40. The molecule has 1 aromatic rings. The summed E-state index contributed by atoms with van der Waals surface area (Å²) in [6, 6.07) is 0. The molecule has 0 amide bonds. The number of ether oxygens (including phenoxy) is 1. The van der Waals surface area contributed by atoms with Crippen molar-refractivity contribution in [2.24, 2.45) is 0 Å². The third-order valence-corrected chi connectivity index (χ3v) is 2.27. The molecule has 0 radical (unpaired) electrons. The van der Waals surface area contributed by atoms with E-state index in [-0.39, 0.29) is 21.3 Å². The Hall–Kier alpha value is 0.230. The summed E-state index contributed by atoms with van der Waals surface area (Å²) in [5.41, 5.74) is 0. The zero-order valence-electron chi connectivity index (χ0n) is 6.23. The average Bonchev–Trinajstić information content (AvgIpc) is 2.09. The highest BCUT2D eigenvalue weighted by Gasteiger charge is 2.10. The minimum atomic E-state index is 0.0129.